The van der Waals surface area contributed by atoms with Gasteiger partial charge < -0.3 is 9.72 Å². The molecule has 2 aromatic carbocycles. The number of alkyl halides is 3. The number of nitrogens with zero attached hydrogens (tertiary/aromatic N) is 2. The molecule has 4 rings (SSSR count). The van der Waals surface area contributed by atoms with Gasteiger partial charge in [0.15, 0.2) is 5.69 Å². The summed E-state index contributed by atoms with van der Waals surface area (Å²) >= 11 is 0. The number of rotatable bonds is 5. The van der Waals surface area contributed by atoms with E-state index in [0.717, 1.165) is 6.07 Å². The molecule has 0 aliphatic rings. The molecule has 2 heterocycles. The molecule has 2 aromatic heterocycles. The van der Waals surface area contributed by atoms with Crippen LogP contribution in [0.25, 0.3) is 16.8 Å². The third kappa shape index (κ3) is 4.37. The van der Waals surface area contributed by atoms with E-state index >= 15 is 0 Å². The van der Waals surface area contributed by atoms with Crippen molar-refractivity contribution in [1.29, 1.82) is 0 Å². The van der Waals surface area contributed by atoms with Crippen LogP contribution in [0, 0.1) is 6.92 Å². The van der Waals surface area contributed by atoms with Gasteiger partial charge in [-0.2, -0.15) is 22.8 Å². The van der Waals surface area contributed by atoms with E-state index in [2.05, 4.69) is 10.1 Å². The minimum atomic E-state index is -4.91. The van der Waals surface area contributed by atoms with Crippen LogP contribution in [-0.4, -0.2) is 36.0 Å². The molecule has 1 amide bonds. The van der Waals surface area contributed by atoms with Crippen LogP contribution < -0.4 is 15.0 Å². The Balaban J connectivity index is 1.85. The number of fused-ring (bicyclic) bond motifs is 1. The molecule has 0 fully saturated rings. The molecule has 0 aliphatic carbocycles. The Morgan fingerprint density at radius 1 is 1.11 bits per heavy atom. The van der Waals surface area contributed by atoms with E-state index in [-0.39, 0.29) is 33.1 Å². The quantitative estimate of drug-likeness (QED) is 0.429. The molecule has 0 saturated carbocycles. The second kappa shape index (κ2) is 8.58. The number of ether oxygens (including phenoxy) is 1. The van der Waals surface area contributed by atoms with Crippen LogP contribution in [0.15, 0.2) is 64.3 Å². The number of hydrogen-bond donors (Lipinski definition) is 2. The predicted octanol–water partition coefficient (Wildman–Crippen LogP) is 3.14. The zero-order valence-electron chi connectivity index (χ0n) is 18.2. The number of aryl methyl sites for hydroxylation is 1. The first-order valence-corrected chi connectivity index (χ1v) is 11.4. The van der Waals surface area contributed by atoms with Gasteiger partial charge in [-0.1, -0.05) is 36.4 Å². The summed E-state index contributed by atoms with van der Waals surface area (Å²) in [5, 5.41) is 3.42. The molecular weight excluding hydrogens is 489 g/mol. The van der Waals surface area contributed by atoms with Gasteiger partial charge in [0.1, 0.15) is 17.0 Å². The fourth-order valence-corrected chi connectivity index (χ4v) is 4.52. The summed E-state index contributed by atoms with van der Waals surface area (Å²) in [6.45, 7) is 1.27. The van der Waals surface area contributed by atoms with E-state index in [1.54, 1.807) is 10.8 Å². The van der Waals surface area contributed by atoms with E-state index in [9.17, 15) is 31.2 Å². The largest absolute Gasteiger partial charge is 0.497 e. The number of amides is 1. The zero-order chi connectivity index (χ0) is 25.5. The Hall–Kier alpha value is -4.13. The number of hydrogen-bond acceptors (Lipinski definition) is 6. The topological polar surface area (TPSA) is 123 Å². The fraction of sp³-hybridized carbons (Fsp3) is 0.136. The first kappa shape index (κ1) is 24.0. The highest BCUT2D eigenvalue weighted by molar-refractivity contribution is 7.90. The molecule has 0 unspecified atom stereocenters. The highest BCUT2D eigenvalue weighted by Crippen LogP contribution is 2.38. The maximum absolute atomic E-state index is 13.8. The smallest absolute Gasteiger partial charge is 0.435 e. The third-order valence-corrected chi connectivity index (χ3v) is 6.44. The van der Waals surface area contributed by atoms with Gasteiger partial charge >= 0.3 is 6.18 Å². The van der Waals surface area contributed by atoms with Gasteiger partial charge in [0.05, 0.1) is 17.6 Å². The number of sulfonamides is 1. The Bertz CT molecular complexity index is 1610. The van der Waals surface area contributed by atoms with Crippen LogP contribution in [0.4, 0.5) is 13.2 Å². The molecule has 0 bridgehead atoms. The lowest BCUT2D eigenvalue weighted by atomic mass is 10.1. The van der Waals surface area contributed by atoms with Crippen molar-refractivity contribution in [2.45, 2.75) is 18.0 Å². The van der Waals surface area contributed by atoms with E-state index in [1.165, 1.54) is 56.5 Å². The minimum absolute atomic E-state index is 0.141. The number of halogens is 3. The van der Waals surface area contributed by atoms with E-state index in [4.69, 9.17) is 4.74 Å². The second-order valence-corrected chi connectivity index (χ2v) is 9.07. The molecule has 9 nitrogen and oxygen atoms in total. The summed E-state index contributed by atoms with van der Waals surface area (Å²) in [5.41, 5.74) is -3.94. The summed E-state index contributed by atoms with van der Waals surface area (Å²) in [6.07, 6.45) is -4.91. The number of carbonyl (C=O) groups excluding carboxylic acids is 1. The number of carbonyl (C=O) groups is 1. The molecule has 35 heavy (non-hydrogen) atoms. The Morgan fingerprint density at radius 2 is 1.80 bits per heavy atom. The van der Waals surface area contributed by atoms with Gasteiger partial charge in [0.2, 0.25) is 0 Å². The van der Waals surface area contributed by atoms with Crippen molar-refractivity contribution >= 4 is 21.6 Å². The first-order valence-electron chi connectivity index (χ1n) is 9.93. The maximum atomic E-state index is 13.8. The van der Waals surface area contributed by atoms with Gasteiger partial charge in [-0.25, -0.2) is 13.1 Å². The van der Waals surface area contributed by atoms with Crippen LogP contribution in [0.3, 0.4) is 0 Å². The van der Waals surface area contributed by atoms with E-state index in [1.807, 2.05) is 0 Å². The average Bonchev–Trinajstić information content (AvgIpc) is 3.19. The van der Waals surface area contributed by atoms with Gasteiger partial charge in [-0.05, 0) is 24.6 Å². The van der Waals surface area contributed by atoms with Crippen molar-refractivity contribution < 1.29 is 31.1 Å². The Labute approximate surface area is 196 Å². The Morgan fingerprint density at radius 3 is 2.43 bits per heavy atom. The van der Waals surface area contributed by atoms with Crippen molar-refractivity contribution in [3.63, 3.8) is 0 Å². The first-order chi connectivity index (χ1) is 16.4. The second-order valence-electron chi connectivity index (χ2n) is 7.39. The minimum Gasteiger partial charge on any atom is -0.497 e. The number of H-pyrrole nitrogens is 1. The predicted molar refractivity (Wildman–Crippen MR) is 119 cm³/mol. The molecule has 13 heteroatoms. The lowest BCUT2D eigenvalue weighted by molar-refractivity contribution is -0.140. The Kier molecular flexibility index (Phi) is 5.88. The van der Waals surface area contributed by atoms with Crippen molar-refractivity contribution in [3.8, 4) is 16.9 Å². The van der Waals surface area contributed by atoms with Crippen molar-refractivity contribution in [2.75, 3.05) is 7.11 Å². The summed E-state index contributed by atoms with van der Waals surface area (Å²) in [7, 11) is -3.11. The zero-order valence-corrected chi connectivity index (χ0v) is 19.0. The third-order valence-electron chi connectivity index (χ3n) is 5.11. The van der Waals surface area contributed by atoms with Gasteiger partial charge in [-0.3, -0.25) is 9.59 Å². The molecule has 4 aromatic rings. The van der Waals surface area contributed by atoms with Gasteiger partial charge in [0, 0.05) is 11.8 Å². The summed E-state index contributed by atoms with van der Waals surface area (Å²) in [6, 6.07) is 12.7. The monoisotopic (exact) mass is 506 g/mol. The van der Waals surface area contributed by atoms with Gasteiger partial charge in [0.25, 0.3) is 21.5 Å². The lowest BCUT2D eigenvalue weighted by Crippen LogP contribution is -2.36. The van der Waals surface area contributed by atoms with E-state index in [0.29, 0.717) is 4.52 Å². The normalized spacial score (nSPS) is 12.0. The summed E-state index contributed by atoms with van der Waals surface area (Å²) < 4.78 is 73.8. The SMILES string of the molecule is COc1cccc(S(=O)(=O)NC(=O)c2c(C)[nH]c3c(-c4ccccc4)c(C(F)(F)F)nn3c2=O)c1. The lowest BCUT2D eigenvalue weighted by Gasteiger charge is -2.10. The van der Waals surface area contributed by atoms with Crippen LogP contribution in [-0.2, 0) is 16.2 Å². The number of benzene rings is 2. The average molecular weight is 506 g/mol. The maximum Gasteiger partial charge on any atom is 0.435 e. The molecule has 182 valence electrons. The van der Waals surface area contributed by atoms with E-state index < -0.39 is 38.9 Å². The molecule has 0 saturated heterocycles. The standard InChI is InChI=1S/C22H17F3N4O5S/c1-12-16(20(30)28-35(32,33)15-10-6-9-14(11-15)34-2)21(31)29-19(26-12)17(13-7-4-3-5-8-13)18(27-29)22(23,24)25/h3-11,26H,1-2H3,(H,28,30). The fourth-order valence-electron chi connectivity index (χ4n) is 3.53. The molecule has 0 atom stereocenters. The molecule has 0 aliphatic heterocycles. The number of aromatic nitrogens is 3. The van der Waals surface area contributed by atoms with Crippen LogP contribution in [0.5, 0.6) is 5.75 Å². The van der Waals surface area contributed by atoms with Crippen LogP contribution >= 0.6 is 0 Å². The number of aromatic amines is 1. The molecule has 2 N–H and O–H groups in total. The molecule has 0 spiro atoms. The van der Waals surface area contributed by atoms with Crippen molar-refractivity contribution in [3.05, 3.63) is 81.9 Å². The van der Waals surface area contributed by atoms with Crippen LogP contribution in [0.1, 0.15) is 21.7 Å². The summed E-state index contributed by atoms with van der Waals surface area (Å²) in [4.78, 5) is 28.2. The molecule has 0 radical (unpaired) electrons. The van der Waals surface area contributed by atoms with Gasteiger partial charge in [-0.15, -0.1) is 0 Å². The number of nitrogens with one attached hydrogen (secondary N) is 2. The molecular formula is C22H17F3N4O5S. The highest BCUT2D eigenvalue weighted by Gasteiger charge is 2.39. The highest BCUT2D eigenvalue weighted by atomic mass is 32.2. The van der Waals surface area contributed by atoms with Crippen molar-refractivity contribution in [2.24, 2.45) is 0 Å². The van der Waals surface area contributed by atoms with Crippen LogP contribution in [0.2, 0.25) is 0 Å². The van der Waals surface area contributed by atoms with Crippen molar-refractivity contribution in [1.82, 2.24) is 19.3 Å². The number of methoxy groups -OCH3 is 1. The summed E-state index contributed by atoms with van der Waals surface area (Å²) in [5.74, 6) is -1.13.